The number of alkyl halides is 1. The number of nitrogens with zero attached hydrogens (tertiary/aromatic N) is 4. The molecule has 0 spiro atoms. The molecule has 18 heavy (non-hydrogen) atoms. The number of imidazole rings is 1. The predicted octanol–water partition coefficient (Wildman–Crippen LogP) is 2.35. The Morgan fingerprint density at radius 2 is 2.28 bits per heavy atom. The van der Waals surface area contributed by atoms with E-state index in [1.54, 1.807) is 16.7 Å². The second kappa shape index (κ2) is 4.38. The molecule has 0 saturated heterocycles. The van der Waals surface area contributed by atoms with Crippen LogP contribution in [-0.2, 0) is 12.4 Å². The quantitative estimate of drug-likeness (QED) is 0.683. The maximum Gasteiger partial charge on any atom is 0.213 e. The third-order valence-corrected chi connectivity index (χ3v) is 2.87. The topological polar surface area (TPSA) is 56.7 Å². The zero-order valence-electron chi connectivity index (χ0n) is 9.18. The summed E-state index contributed by atoms with van der Waals surface area (Å²) in [5, 5.41) is 3.72. The molecule has 0 fully saturated rings. The van der Waals surface area contributed by atoms with Crippen molar-refractivity contribution in [3.8, 4) is 0 Å². The highest BCUT2D eigenvalue weighted by Crippen LogP contribution is 2.20. The first-order valence-electron chi connectivity index (χ1n) is 5.24. The lowest BCUT2D eigenvalue weighted by molar-refractivity contribution is 0.408. The van der Waals surface area contributed by atoms with Crippen LogP contribution < -0.4 is 0 Å². The largest absolute Gasteiger partial charge is 0.343 e. The summed E-state index contributed by atoms with van der Waals surface area (Å²) in [5.74, 6) is 0.878. The highest BCUT2D eigenvalue weighted by Gasteiger charge is 2.14. The maximum absolute atomic E-state index is 13.6. The van der Waals surface area contributed by atoms with Gasteiger partial charge in [0.15, 0.2) is 11.6 Å². The molecular weight excluding hydrogens is 259 g/mol. The molecule has 7 heteroatoms. The molecule has 2 aromatic heterocycles. The summed E-state index contributed by atoms with van der Waals surface area (Å²) in [4.78, 5) is 8.11. The second-order valence-corrected chi connectivity index (χ2v) is 3.97. The fourth-order valence-corrected chi connectivity index (χ4v) is 2.05. The molecule has 3 rings (SSSR count). The van der Waals surface area contributed by atoms with Crippen molar-refractivity contribution in [3.63, 3.8) is 0 Å². The Bertz CT molecular complexity index is 680. The Morgan fingerprint density at radius 1 is 1.39 bits per heavy atom. The highest BCUT2D eigenvalue weighted by molar-refractivity contribution is 6.16. The van der Waals surface area contributed by atoms with Crippen LogP contribution >= 0.6 is 11.6 Å². The SMILES string of the molecule is Fc1cccc2c1nc(CCl)n2Cc1ncon1. The van der Waals surface area contributed by atoms with E-state index in [4.69, 9.17) is 11.6 Å². The summed E-state index contributed by atoms with van der Waals surface area (Å²) in [6, 6.07) is 4.78. The average Bonchev–Trinajstić information content (AvgIpc) is 2.99. The number of halogens is 2. The van der Waals surface area contributed by atoms with Crippen LogP contribution in [0.2, 0.25) is 0 Å². The van der Waals surface area contributed by atoms with Crippen molar-refractivity contribution in [2.24, 2.45) is 0 Å². The van der Waals surface area contributed by atoms with Crippen LogP contribution in [0.15, 0.2) is 29.1 Å². The Balaban J connectivity index is 2.17. The molecule has 0 bridgehead atoms. The van der Waals surface area contributed by atoms with E-state index >= 15 is 0 Å². The average molecular weight is 267 g/mol. The number of hydrogen-bond donors (Lipinski definition) is 0. The summed E-state index contributed by atoms with van der Waals surface area (Å²) < 4.78 is 20.1. The first-order chi connectivity index (χ1) is 8.79. The Morgan fingerprint density at radius 3 is 3.00 bits per heavy atom. The van der Waals surface area contributed by atoms with Gasteiger partial charge in [-0.15, -0.1) is 11.6 Å². The van der Waals surface area contributed by atoms with Gasteiger partial charge in [-0.25, -0.2) is 9.37 Å². The van der Waals surface area contributed by atoms with Crippen LogP contribution in [-0.4, -0.2) is 19.7 Å². The van der Waals surface area contributed by atoms with Crippen LogP contribution in [0, 0.1) is 5.82 Å². The predicted molar refractivity (Wildman–Crippen MR) is 62.6 cm³/mol. The molecule has 0 aliphatic heterocycles. The number of fused-ring (bicyclic) bond motifs is 1. The van der Waals surface area contributed by atoms with Gasteiger partial charge in [0, 0.05) is 0 Å². The molecule has 5 nitrogen and oxygen atoms in total. The van der Waals surface area contributed by atoms with Gasteiger partial charge < -0.3 is 9.09 Å². The second-order valence-electron chi connectivity index (χ2n) is 3.70. The first kappa shape index (κ1) is 11.2. The lowest BCUT2D eigenvalue weighted by Gasteiger charge is -2.03. The van der Waals surface area contributed by atoms with Gasteiger partial charge >= 0.3 is 0 Å². The fraction of sp³-hybridized carbons (Fsp3) is 0.182. The van der Waals surface area contributed by atoms with E-state index in [0.717, 1.165) is 0 Å². The monoisotopic (exact) mass is 266 g/mol. The number of hydrogen-bond acceptors (Lipinski definition) is 4. The summed E-state index contributed by atoms with van der Waals surface area (Å²) >= 11 is 5.83. The molecule has 0 radical (unpaired) electrons. The molecule has 2 heterocycles. The van der Waals surface area contributed by atoms with Gasteiger partial charge in [-0.1, -0.05) is 11.2 Å². The minimum atomic E-state index is -0.370. The van der Waals surface area contributed by atoms with Crippen molar-refractivity contribution in [1.29, 1.82) is 0 Å². The molecule has 0 amide bonds. The van der Waals surface area contributed by atoms with E-state index in [1.807, 2.05) is 0 Å². The van der Waals surface area contributed by atoms with Crippen molar-refractivity contribution < 1.29 is 8.91 Å². The Hall–Kier alpha value is -1.95. The molecule has 0 atom stereocenters. The molecular formula is C11H8ClFN4O. The van der Waals surface area contributed by atoms with E-state index in [-0.39, 0.29) is 11.7 Å². The smallest absolute Gasteiger partial charge is 0.213 e. The third-order valence-electron chi connectivity index (χ3n) is 2.63. The molecule has 0 saturated carbocycles. The zero-order valence-corrected chi connectivity index (χ0v) is 9.93. The molecule has 0 aliphatic carbocycles. The molecule has 3 aromatic rings. The number of aromatic nitrogens is 4. The standard InChI is InChI=1S/C11H8ClFN4O/c12-4-10-15-11-7(13)2-1-3-8(11)17(10)5-9-14-6-18-16-9/h1-3,6H,4-5H2. The van der Waals surface area contributed by atoms with Crippen molar-refractivity contribution in [1.82, 2.24) is 19.7 Å². The van der Waals surface area contributed by atoms with Gasteiger partial charge in [-0.2, -0.15) is 4.98 Å². The van der Waals surface area contributed by atoms with E-state index < -0.39 is 0 Å². The van der Waals surface area contributed by atoms with Crippen molar-refractivity contribution in [2.75, 3.05) is 0 Å². The van der Waals surface area contributed by atoms with Gasteiger partial charge in [-0.3, -0.25) is 0 Å². The number of rotatable bonds is 3. The van der Waals surface area contributed by atoms with E-state index in [0.29, 0.717) is 29.2 Å². The minimum Gasteiger partial charge on any atom is -0.343 e. The first-order valence-corrected chi connectivity index (χ1v) is 5.78. The summed E-state index contributed by atoms with van der Waals surface area (Å²) in [6.07, 6.45) is 1.25. The van der Waals surface area contributed by atoms with Gasteiger partial charge in [0.05, 0.1) is 17.9 Å². The van der Waals surface area contributed by atoms with Gasteiger partial charge in [-0.05, 0) is 12.1 Å². The van der Waals surface area contributed by atoms with Gasteiger partial charge in [0.25, 0.3) is 0 Å². The lowest BCUT2D eigenvalue weighted by atomic mass is 10.3. The molecule has 0 N–H and O–H groups in total. The Labute approximate surface area is 106 Å². The van der Waals surface area contributed by atoms with Crippen LogP contribution in [0.1, 0.15) is 11.6 Å². The molecule has 0 unspecified atom stereocenters. The maximum atomic E-state index is 13.6. The van der Waals surface area contributed by atoms with Crippen molar-refractivity contribution in [3.05, 3.63) is 42.1 Å². The summed E-state index contributed by atoms with van der Waals surface area (Å²) in [5.41, 5.74) is 0.965. The normalized spacial score (nSPS) is 11.2. The number of para-hydroxylation sites is 1. The van der Waals surface area contributed by atoms with Crippen molar-refractivity contribution >= 4 is 22.6 Å². The molecule has 92 valence electrons. The molecule has 1 aromatic carbocycles. The summed E-state index contributed by atoms with van der Waals surface area (Å²) in [7, 11) is 0. The highest BCUT2D eigenvalue weighted by atomic mass is 35.5. The van der Waals surface area contributed by atoms with Crippen LogP contribution in [0.25, 0.3) is 11.0 Å². The van der Waals surface area contributed by atoms with Crippen LogP contribution in [0.3, 0.4) is 0 Å². The number of benzene rings is 1. The van der Waals surface area contributed by atoms with E-state index in [2.05, 4.69) is 19.6 Å². The van der Waals surface area contributed by atoms with Crippen LogP contribution in [0.5, 0.6) is 0 Å². The van der Waals surface area contributed by atoms with E-state index in [1.165, 1.54) is 12.5 Å². The van der Waals surface area contributed by atoms with Crippen LogP contribution in [0.4, 0.5) is 4.39 Å². The summed E-state index contributed by atoms with van der Waals surface area (Å²) in [6.45, 7) is 0.346. The molecule has 0 aliphatic rings. The van der Waals surface area contributed by atoms with Gasteiger partial charge in [0.2, 0.25) is 6.39 Å². The van der Waals surface area contributed by atoms with E-state index in [9.17, 15) is 4.39 Å². The Kier molecular flexibility index (Phi) is 2.71. The zero-order chi connectivity index (χ0) is 12.5. The van der Waals surface area contributed by atoms with Gasteiger partial charge in [0.1, 0.15) is 11.3 Å². The third kappa shape index (κ3) is 1.74. The lowest BCUT2D eigenvalue weighted by Crippen LogP contribution is -2.05. The fourth-order valence-electron chi connectivity index (χ4n) is 1.84. The minimum absolute atomic E-state index is 0.186. The van der Waals surface area contributed by atoms with Crippen molar-refractivity contribution in [2.45, 2.75) is 12.4 Å².